The molecule has 0 amide bonds. The summed E-state index contributed by atoms with van der Waals surface area (Å²) in [7, 11) is 0. The molecule has 0 radical (unpaired) electrons. The number of nitrogens with zero attached hydrogens (tertiary/aromatic N) is 2. The molecule has 5 nitrogen and oxygen atoms in total. The average molecular weight is 426 g/mol. The van der Waals surface area contributed by atoms with E-state index in [0.717, 1.165) is 33.0 Å². The van der Waals surface area contributed by atoms with E-state index in [1.807, 2.05) is 42.5 Å². The smallest absolute Gasteiger partial charge is 0.199 e. The largest absolute Gasteiger partial charge is 0.494 e. The molecular weight excluding hydrogens is 406 g/mol. The Balaban J connectivity index is 1.80. The fourth-order valence-electron chi connectivity index (χ4n) is 3.13. The molecule has 0 fully saturated rings. The number of rotatable bonds is 5. The van der Waals surface area contributed by atoms with Crippen molar-refractivity contribution in [2.75, 3.05) is 6.61 Å². The summed E-state index contributed by atoms with van der Waals surface area (Å²) in [5.74, 6) is 0.619. The van der Waals surface area contributed by atoms with Gasteiger partial charge in [0.15, 0.2) is 5.88 Å². The van der Waals surface area contributed by atoms with Crippen LogP contribution in [-0.2, 0) is 4.84 Å². The van der Waals surface area contributed by atoms with Crippen molar-refractivity contribution in [2.24, 2.45) is 16.1 Å². The van der Waals surface area contributed by atoms with Crippen LogP contribution >= 0.6 is 15.9 Å². The number of halogens is 1. The molecule has 0 spiro atoms. The van der Waals surface area contributed by atoms with Crippen LogP contribution in [-0.4, -0.2) is 28.1 Å². The van der Waals surface area contributed by atoms with Crippen molar-refractivity contribution < 1.29 is 9.94 Å². The molecule has 0 unspecified atom stereocenters. The molecule has 0 atom stereocenters. The number of aromatic amines is 1. The van der Waals surface area contributed by atoms with E-state index in [0.29, 0.717) is 29.5 Å². The van der Waals surface area contributed by atoms with Crippen molar-refractivity contribution in [3.63, 3.8) is 0 Å². The van der Waals surface area contributed by atoms with Gasteiger partial charge in [0.05, 0.1) is 11.3 Å². The van der Waals surface area contributed by atoms with E-state index in [1.54, 1.807) is 0 Å². The summed E-state index contributed by atoms with van der Waals surface area (Å²) in [6, 6.07) is 13.6. The summed E-state index contributed by atoms with van der Waals surface area (Å²) in [6.07, 6.45) is 0.927. The minimum absolute atomic E-state index is 0.0736. The maximum Gasteiger partial charge on any atom is 0.199 e. The molecule has 27 heavy (non-hydrogen) atoms. The Morgan fingerprint density at radius 2 is 2.04 bits per heavy atom. The lowest BCUT2D eigenvalue weighted by Gasteiger charge is -2.06. The zero-order valence-electron chi connectivity index (χ0n) is 15.2. The van der Waals surface area contributed by atoms with Crippen LogP contribution < -0.4 is 0 Å². The SMILES string of the molecule is CC(C)CCO/N=C1/C(c2c(O)[nH]c3ccc(Br)cc23)=Nc2ccccc21. The molecular formula is C21H20BrN3O2. The highest BCUT2D eigenvalue weighted by Crippen LogP contribution is 2.36. The van der Waals surface area contributed by atoms with E-state index in [1.165, 1.54) is 0 Å². The molecule has 4 rings (SSSR count). The first-order valence-corrected chi connectivity index (χ1v) is 9.73. The van der Waals surface area contributed by atoms with Gasteiger partial charge in [-0.15, -0.1) is 0 Å². The zero-order chi connectivity index (χ0) is 19.0. The maximum absolute atomic E-state index is 10.6. The van der Waals surface area contributed by atoms with E-state index in [9.17, 15) is 5.11 Å². The number of oxime groups is 1. The van der Waals surface area contributed by atoms with Gasteiger partial charge in [0.25, 0.3) is 0 Å². The Hall–Kier alpha value is -2.60. The van der Waals surface area contributed by atoms with E-state index in [-0.39, 0.29) is 5.88 Å². The highest BCUT2D eigenvalue weighted by molar-refractivity contribution is 9.10. The predicted molar refractivity (Wildman–Crippen MR) is 112 cm³/mol. The Morgan fingerprint density at radius 1 is 1.22 bits per heavy atom. The highest BCUT2D eigenvalue weighted by atomic mass is 79.9. The normalized spacial score (nSPS) is 14.8. The number of H-pyrrole nitrogens is 1. The van der Waals surface area contributed by atoms with Crippen molar-refractivity contribution >= 4 is 43.9 Å². The van der Waals surface area contributed by atoms with E-state index >= 15 is 0 Å². The van der Waals surface area contributed by atoms with Crippen LogP contribution in [0.4, 0.5) is 5.69 Å². The Morgan fingerprint density at radius 3 is 2.85 bits per heavy atom. The fourth-order valence-corrected chi connectivity index (χ4v) is 3.49. The van der Waals surface area contributed by atoms with Crippen molar-refractivity contribution in [3.05, 3.63) is 58.1 Å². The standard InChI is InChI=1S/C21H20BrN3O2/c1-12(2)9-10-27-25-19-14-5-3-4-6-16(14)23-20(19)18-15-11-13(22)7-8-17(15)24-21(18)26/h3-8,11-12,24,26H,9-10H2,1-2H3/b25-19+. The summed E-state index contributed by atoms with van der Waals surface area (Å²) in [4.78, 5) is 13.4. The fraction of sp³-hybridized carbons (Fsp3) is 0.238. The third-order valence-corrected chi connectivity index (χ3v) is 5.03. The number of nitrogens with one attached hydrogen (secondary N) is 1. The number of hydrogen-bond acceptors (Lipinski definition) is 4. The molecule has 2 N–H and O–H groups in total. The first kappa shape index (κ1) is 17.8. The van der Waals surface area contributed by atoms with Gasteiger partial charge in [0.1, 0.15) is 18.0 Å². The van der Waals surface area contributed by atoms with E-state index < -0.39 is 0 Å². The molecule has 3 aromatic rings. The number of aromatic hydroxyl groups is 1. The summed E-state index contributed by atoms with van der Waals surface area (Å²) in [6.45, 7) is 4.84. The second kappa shape index (κ2) is 7.19. The van der Waals surface area contributed by atoms with Gasteiger partial charge in [-0.1, -0.05) is 53.1 Å². The monoisotopic (exact) mass is 425 g/mol. The van der Waals surface area contributed by atoms with Gasteiger partial charge in [-0.3, -0.25) is 0 Å². The molecule has 0 bridgehead atoms. The Bertz CT molecular complexity index is 1070. The topological polar surface area (TPSA) is 70.0 Å². The third kappa shape index (κ3) is 3.37. The van der Waals surface area contributed by atoms with Gasteiger partial charge in [0.2, 0.25) is 0 Å². The van der Waals surface area contributed by atoms with E-state index in [4.69, 9.17) is 9.83 Å². The predicted octanol–water partition coefficient (Wildman–Crippen LogP) is 5.54. The first-order valence-electron chi connectivity index (χ1n) is 8.93. The minimum Gasteiger partial charge on any atom is -0.494 e. The van der Waals surface area contributed by atoms with Crippen molar-refractivity contribution in [3.8, 4) is 5.88 Å². The summed E-state index contributed by atoms with van der Waals surface area (Å²) < 4.78 is 0.929. The van der Waals surface area contributed by atoms with Crippen LogP contribution in [0.5, 0.6) is 5.88 Å². The summed E-state index contributed by atoms with van der Waals surface area (Å²) in [5.41, 5.74) is 4.45. The minimum atomic E-state index is 0.0736. The quantitative estimate of drug-likeness (QED) is 0.416. The molecule has 1 aromatic heterocycles. The molecule has 2 aromatic carbocycles. The summed E-state index contributed by atoms with van der Waals surface area (Å²) in [5, 5.41) is 15.9. The first-order chi connectivity index (χ1) is 13.0. The van der Waals surface area contributed by atoms with Gasteiger partial charge in [0, 0.05) is 20.9 Å². The summed E-state index contributed by atoms with van der Waals surface area (Å²) >= 11 is 3.50. The lowest BCUT2D eigenvalue weighted by Crippen LogP contribution is -2.13. The molecule has 0 saturated carbocycles. The lowest BCUT2D eigenvalue weighted by molar-refractivity contribution is 0.133. The van der Waals surface area contributed by atoms with E-state index in [2.05, 4.69) is 39.9 Å². The molecule has 1 aliphatic heterocycles. The number of aromatic nitrogens is 1. The van der Waals surface area contributed by atoms with Gasteiger partial charge in [-0.2, -0.15) is 0 Å². The van der Waals surface area contributed by atoms with Crippen molar-refractivity contribution in [1.29, 1.82) is 0 Å². The van der Waals surface area contributed by atoms with Crippen LogP contribution in [0.2, 0.25) is 0 Å². The van der Waals surface area contributed by atoms with Gasteiger partial charge >= 0.3 is 0 Å². The highest BCUT2D eigenvalue weighted by Gasteiger charge is 2.29. The zero-order valence-corrected chi connectivity index (χ0v) is 16.7. The van der Waals surface area contributed by atoms with Gasteiger partial charge in [-0.05, 0) is 36.6 Å². The second-order valence-corrected chi connectivity index (χ2v) is 7.89. The van der Waals surface area contributed by atoms with Crippen LogP contribution in [0.25, 0.3) is 10.9 Å². The molecule has 6 heteroatoms. The average Bonchev–Trinajstić information content (AvgIpc) is 3.14. The third-order valence-electron chi connectivity index (χ3n) is 4.54. The molecule has 0 aliphatic carbocycles. The van der Waals surface area contributed by atoms with Crippen molar-refractivity contribution in [2.45, 2.75) is 20.3 Å². The maximum atomic E-state index is 10.6. The van der Waals surface area contributed by atoms with Crippen molar-refractivity contribution in [1.82, 2.24) is 4.98 Å². The molecule has 138 valence electrons. The lowest BCUT2D eigenvalue weighted by atomic mass is 10.0. The molecule has 2 heterocycles. The van der Waals surface area contributed by atoms with Crippen LogP contribution in [0.3, 0.4) is 0 Å². The van der Waals surface area contributed by atoms with Crippen LogP contribution in [0.1, 0.15) is 31.4 Å². The number of benzene rings is 2. The Kier molecular flexibility index (Phi) is 4.74. The number of para-hydroxylation sites is 1. The van der Waals surface area contributed by atoms with Crippen LogP contribution in [0, 0.1) is 5.92 Å². The Labute approximate surface area is 165 Å². The number of fused-ring (bicyclic) bond motifs is 2. The van der Waals surface area contributed by atoms with Crippen LogP contribution in [0.15, 0.2) is 57.1 Å². The molecule has 1 aliphatic rings. The van der Waals surface area contributed by atoms with Gasteiger partial charge in [-0.25, -0.2) is 4.99 Å². The number of hydrogen-bond donors (Lipinski definition) is 2. The second-order valence-electron chi connectivity index (χ2n) is 6.97. The number of aliphatic imine (C=N–C) groups is 1. The molecule has 0 saturated heterocycles. The van der Waals surface area contributed by atoms with Gasteiger partial charge < -0.3 is 14.9 Å².